The minimum atomic E-state index is -0.749. The molecule has 2 N–H and O–H groups in total. The maximum atomic E-state index is 12.7. The summed E-state index contributed by atoms with van der Waals surface area (Å²) < 4.78 is 1.34. The lowest BCUT2D eigenvalue weighted by Gasteiger charge is -2.19. The predicted octanol–water partition coefficient (Wildman–Crippen LogP) is 3.90. The smallest absolute Gasteiger partial charge is 0.314 e. The van der Waals surface area contributed by atoms with E-state index in [0.29, 0.717) is 5.69 Å². The third kappa shape index (κ3) is 6.18. The molecule has 0 spiro atoms. The molecule has 3 amide bonds. The van der Waals surface area contributed by atoms with Gasteiger partial charge in [0, 0.05) is 17.8 Å². The van der Waals surface area contributed by atoms with Gasteiger partial charge in [0.15, 0.2) is 0 Å². The third-order valence-corrected chi connectivity index (χ3v) is 6.99. The van der Waals surface area contributed by atoms with E-state index in [1.54, 1.807) is 13.0 Å². The van der Waals surface area contributed by atoms with Crippen LogP contribution in [0.2, 0.25) is 0 Å². The number of hydrogen-bond donors (Lipinski definition) is 2. The van der Waals surface area contributed by atoms with Gasteiger partial charge < -0.3 is 10.6 Å². The number of nitrogens with one attached hydrogen (secondary N) is 2. The Morgan fingerprint density at radius 3 is 2.21 bits per heavy atom. The van der Waals surface area contributed by atoms with Crippen molar-refractivity contribution in [2.75, 3.05) is 5.32 Å². The maximum Gasteiger partial charge on any atom is 0.314 e. The lowest BCUT2D eigenvalue weighted by atomic mass is 9.98. The number of carbonyl (C=O) groups is 3. The third-order valence-electron chi connectivity index (χ3n) is 6.99. The van der Waals surface area contributed by atoms with E-state index in [0.717, 1.165) is 50.7 Å². The Morgan fingerprint density at radius 2 is 1.53 bits per heavy atom. The second-order valence-electron chi connectivity index (χ2n) is 9.76. The van der Waals surface area contributed by atoms with Crippen LogP contribution in [-0.4, -0.2) is 45.2 Å². The van der Waals surface area contributed by atoms with Gasteiger partial charge in [-0.05, 0) is 39.0 Å². The van der Waals surface area contributed by atoms with Crippen molar-refractivity contribution in [3.63, 3.8) is 0 Å². The lowest BCUT2D eigenvalue weighted by Crippen LogP contribution is -2.42. The van der Waals surface area contributed by atoms with E-state index >= 15 is 0 Å². The number of aliphatic imine (C=N–C) groups is 2. The summed E-state index contributed by atoms with van der Waals surface area (Å²) in [7, 11) is 0. The van der Waals surface area contributed by atoms with Gasteiger partial charge >= 0.3 is 11.8 Å². The van der Waals surface area contributed by atoms with Crippen LogP contribution >= 0.6 is 0 Å². The Hall–Kier alpha value is -2.84. The number of hydrogen-bond acceptors (Lipinski definition) is 5. The quantitative estimate of drug-likeness (QED) is 0.640. The normalized spacial score (nSPS) is 22.6. The average molecular weight is 469 g/mol. The first kappa shape index (κ1) is 24.3. The summed E-state index contributed by atoms with van der Waals surface area (Å²) in [5.41, 5.74) is 1.44. The van der Waals surface area contributed by atoms with Crippen molar-refractivity contribution in [1.82, 2.24) is 15.1 Å². The van der Waals surface area contributed by atoms with Gasteiger partial charge in [0.1, 0.15) is 5.82 Å². The van der Waals surface area contributed by atoms with Crippen LogP contribution in [-0.2, 0) is 14.4 Å². The molecule has 0 bridgehead atoms. The van der Waals surface area contributed by atoms with E-state index in [1.807, 2.05) is 0 Å². The molecule has 0 radical (unpaired) electrons. The van der Waals surface area contributed by atoms with Gasteiger partial charge in [-0.25, -0.2) is 4.99 Å². The number of anilines is 1. The molecule has 1 unspecified atom stereocenters. The molecule has 9 nitrogen and oxygen atoms in total. The Labute approximate surface area is 200 Å². The molecule has 1 aromatic rings. The number of rotatable bonds is 2. The monoisotopic (exact) mass is 468 g/mol. The van der Waals surface area contributed by atoms with Gasteiger partial charge in [0.2, 0.25) is 0 Å². The highest BCUT2D eigenvalue weighted by Crippen LogP contribution is 2.27. The van der Waals surface area contributed by atoms with Crippen LogP contribution < -0.4 is 10.6 Å². The highest BCUT2D eigenvalue weighted by Gasteiger charge is 2.34. The van der Waals surface area contributed by atoms with Crippen LogP contribution in [0.5, 0.6) is 0 Å². The summed E-state index contributed by atoms with van der Waals surface area (Å²) in [6, 6.07) is 1.66. The lowest BCUT2D eigenvalue weighted by molar-refractivity contribution is -0.136. The summed E-state index contributed by atoms with van der Waals surface area (Å²) in [6.45, 7) is 1.77. The van der Waals surface area contributed by atoms with Crippen LogP contribution in [0, 0.1) is 12.8 Å². The number of amides is 3. The van der Waals surface area contributed by atoms with Crippen molar-refractivity contribution in [3.8, 4) is 0 Å². The summed E-state index contributed by atoms with van der Waals surface area (Å²) in [4.78, 5) is 46.5. The van der Waals surface area contributed by atoms with Gasteiger partial charge in [0.25, 0.3) is 11.9 Å². The molecule has 4 rings (SSSR count). The first-order chi connectivity index (χ1) is 16.5. The van der Waals surface area contributed by atoms with E-state index in [4.69, 9.17) is 0 Å². The molecule has 2 saturated carbocycles. The number of carbonyl (C=O) groups excluding carboxylic acids is 3. The first-order valence-corrected chi connectivity index (χ1v) is 12.9. The van der Waals surface area contributed by atoms with Crippen LogP contribution in [0.1, 0.15) is 95.6 Å². The molecule has 1 aliphatic heterocycles. The Morgan fingerprint density at radius 1 is 0.882 bits per heavy atom. The molecule has 2 fully saturated rings. The zero-order chi connectivity index (χ0) is 23.9. The van der Waals surface area contributed by atoms with Crippen LogP contribution in [0.3, 0.4) is 0 Å². The summed E-state index contributed by atoms with van der Waals surface area (Å²) in [6.07, 6.45) is 15.1. The van der Waals surface area contributed by atoms with Gasteiger partial charge in [-0.15, -0.1) is 0 Å². The zero-order valence-corrected chi connectivity index (χ0v) is 20.1. The Bertz CT molecular complexity index is 967. The molecule has 2 aliphatic carbocycles. The SMILES string of the molecule is Cc1cc(NC(=O)C(=O)NC2CCCCCCCCCCC2)n(C2=NC(=O)C3CCCC3=N2)n1. The maximum absolute atomic E-state index is 12.7. The minimum absolute atomic E-state index is 0.00960. The number of aryl methyl sites for hydroxylation is 1. The fraction of sp³-hybridized carbons (Fsp3) is 0.680. The second kappa shape index (κ2) is 11.5. The topological polar surface area (TPSA) is 118 Å². The molecule has 2 heterocycles. The Balaban J connectivity index is 1.39. The number of fused-ring (bicyclic) bond motifs is 1. The van der Waals surface area contributed by atoms with Crippen molar-refractivity contribution in [3.05, 3.63) is 11.8 Å². The van der Waals surface area contributed by atoms with E-state index in [1.165, 1.54) is 49.6 Å². The first-order valence-electron chi connectivity index (χ1n) is 12.9. The summed E-state index contributed by atoms with van der Waals surface area (Å²) in [5.74, 6) is -1.42. The van der Waals surface area contributed by atoms with E-state index < -0.39 is 11.8 Å². The molecular weight excluding hydrogens is 432 g/mol. The molecule has 3 aliphatic rings. The standard InChI is InChI=1S/C25H36N6O3/c1-17-16-21(31(30-17)25-27-20-15-11-14-19(20)22(32)29-25)28-24(34)23(33)26-18-12-9-7-5-3-2-4-6-8-10-13-18/h16,18-19H,2-15H2,1H3,(H,26,33)(H,28,34). The number of nitrogens with zero attached hydrogens (tertiary/aromatic N) is 4. The van der Waals surface area contributed by atoms with Crippen LogP contribution in [0.15, 0.2) is 16.1 Å². The van der Waals surface area contributed by atoms with Crippen LogP contribution in [0.25, 0.3) is 0 Å². The van der Waals surface area contributed by atoms with Gasteiger partial charge in [-0.3, -0.25) is 14.4 Å². The Kier molecular flexibility index (Phi) is 8.24. The van der Waals surface area contributed by atoms with Crippen molar-refractivity contribution >= 4 is 35.2 Å². The fourth-order valence-electron chi connectivity index (χ4n) is 5.13. The molecule has 1 aromatic heterocycles. The van der Waals surface area contributed by atoms with Crippen molar-refractivity contribution in [1.29, 1.82) is 0 Å². The van der Waals surface area contributed by atoms with Gasteiger partial charge in [-0.1, -0.05) is 57.8 Å². The fourth-order valence-corrected chi connectivity index (χ4v) is 5.13. The average Bonchev–Trinajstić information content (AvgIpc) is 3.42. The number of aromatic nitrogens is 2. The molecule has 0 saturated heterocycles. The molecular formula is C25H36N6O3. The van der Waals surface area contributed by atoms with Crippen molar-refractivity contribution in [2.24, 2.45) is 15.9 Å². The minimum Gasteiger partial charge on any atom is -0.345 e. The zero-order valence-electron chi connectivity index (χ0n) is 20.1. The second-order valence-corrected chi connectivity index (χ2v) is 9.76. The molecule has 34 heavy (non-hydrogen) atoms. The highest BCUT2D eigenvalue weighted by atomic mass is 16.2. The van der Waals surface area contributed by atoms with Crippen molar-refractivity contribution < 1.29 is 14.4 Å². The largest absolute Gasteiger partial charge is 0.345 e. The van der Waals surface area contributed by atoms with E-state index in [-0.39, 0.29) is 29.6 Å². The summed E-state index contributed by atoms with van der Waals surface area (Å²) in [5, 5.41) is 9.94. The molecule has 1 atom stereocenters. The van der Waals surface area contributed by atoms with Gasteiger partial charge in [0.05, 0.1) is 11.6 Å². The molecule has 0 aromatic carbocycles. The predicted molar refractivity (Wildman–Crippen MR) is 131 cm³/mol. The highest BCUT2D eigenvalue weighted by molar-refractivity contribution is 6.39. The van der Waals surface area contributed by atoms with E-state index in [9.17, 15) is 14.4 Å². The molecule has 184 valence electrons. The summed E-state index contributed by atoms with van der Waals surface area (Å²) >= 11 is 0. The van der Waals surface area contributed by atoms with Crippen LogP contribution in [0.4, 0.5) is 5.82 Å². The van der Waals surface area contributed by atoms with Gasteiger partial charge in [-0.2, -0.15) is 14.8 Å². The van der Waals surface area contributed by atoms with Crippen molar-refractivity contribution in [2.45, 2.75) is 103 Å². The molecule has 9 heteroatoms. The van der Waals surface area contributed by atoms with E-state index in [2.05, 4.69) is 25.7 Å².